The lowest BCUT2D eigenvalue weighted by Crippen LogP contribution is -2.44. The van der Waals surface area contributed by atoms with Crippen LogP contribution in [0.25, 0.3) is 0 Å². The maximum Gasteiger partial charge on any atom is 0.253 e. The summed E-state index contributed by atoms with van der Waals surface area (Å²) in [4.78, 5) is 15.9. The number of halogens is 1. The van der Waals surface area contributed by atoms with Crippen LogP contribution >= 0.6 is 11.6 Å². The van der Waals surface area contributed by atoms with Crippen molar-refractivity contribution >= 4 is 17.5 Å². The Bertz CT molecular complexity index is 418. The Morgan fingerprint density at radius 1 is 1.67 bits per heavy atom. The lowest BCUT2D eigenvalue weighted by atomic mass is 9.92. The summed E-state index contributed by atoms with van der Waals surface area (Å²) in [5, 5.41) is 6.76. The van der Waals surface area contributed by atoms with E-state index in [-0.39, 0.29) is 11.9 Å². The van der Waals surface area contributed by atoms with Crippen molar-refractivity contribution in [3.05, 3.63) is 29.0 Å². The molecule has 2 unspecified atom stereocenters. The quantitative estimate of drug-likeness (QED) is 0.879. The molecule has 2 heterocycles. The molecule has 18 heavy (non-hydrogen) atoms. The van der Waals surface area contributed by atoms with Crippen LogP contribution in [-0.2, 0) is 0 Å². The van der Waals surface area contributed by atoms with Gasteiger partial charge in [0.2, 0.25) is 0 Å². The molecular weight excluding hydrogens is 250 g/mol. The zero-order chi connectivity index (χ0) is 13.0. The van der Waals surface area contributed by atoms with Crippen molar-refractivity contribution in [3.63, 3.8) is 0 Å². The number of piperidine rings is 1. The van der Waals surface area contributed by atoms with Gasteiger partial charge in [0.1, 0.15) is 0 Å². The van der Waals surface area contributed by atoms with Gasteiger partial charge in [-0.15, -0.1) is 0 Å². The highest BCUT2D eigenvalue weighted by molar-refractivity contribution is 6.33. The summed E-state index contributed by atoms with van der Waals surface area (Å²) in [6, 6.07) is 1.79. The molecule has 2 N–H and O–H groups in total. The van der Waals surface area contributed by atoms with Crippen molar-refractivity contribution in [2.45, 2.75) is 25.8 Å². The van der Waals surface area contributed by atoms with Crippen LogP contribution in [0.3, 0.4) is 0 Å². The standard InChI is InChI=1S/C13H18ClN3O/c1-9(10-3-2-5-15-7-10)17-13(18)11-4-6-16-8-12(11)14/h4,6,8-10,15H,2-3,5,7H2,1H3,(H,17,18). The van der Waals surface area contributed by atoms with Crippen LogP contribution in [0.5, 0.6) is 0 Å². The maximum absolute atomic E-state index is 12.1. The van der Waals surface area contributed by atoms with Crippen molar-refractivity contribution in [3.8, 4) is 0 Å². The Labute approximate surface area is 112 Å². The minimum Gasteiger partial charge on any atom is -0.349 e. The minimum atomic E-state index is -0.125. The summed E-state index contributed by atoms with van der Waals surface area (Å²) in [6.45, 7) is 4.09. The second-order valence-electron chi connectivity index (χ2n) is 4.72. The first-order valence-corrected chi connectivity index (χ1v) is 6.67. The van der Waals surface area contributed by atoms with Crippen LogP contribution in [0, 0.1) is 5.92 Å². The van der Waals surface area contributed by atoms with Crippen molar-refractivity contribution in [2.24, 2.45) is 5.92 Å². The molecule has 1 amide bonds. The fraction of sp³-hybridized carbons (Fsp3) is 0.538. The topological polar surface area (TPSA) is 54.0 Å². The third-order valence-corrected chi connectivity index (χ3v) is 3.72. The highest BCUT2D eigenvalue weighted by atomic mass is 35.5. The van der Waals surface area contributed by atoms with Gasteiger partial charge in [0.15, 0.2) is 0 Å². The Morgan fingerprint density at radius 2 is 2.50 bits per heavy atom. The van der Waals surface area contributed by atoms with Crippen LogP contribution in [0.4, 0.5) is 0 Å². The van der Waals surface area contributed by atoms with E-state index in [1.54, 1.807) is 12.3 Å². The van der Waals surface area contributed by atoms with E-state index < -0.39 is 0 Å². The van der Waals surface area contributed by atoms with Crippen molar-refractivity contribution in [1.82, 2.24) is 15.6 Å². The van der Waals surface area contributed by atoms with E-state index in [9.17, 15) is 4.79 Å². The molecule has 5 heteroatoms. The van der Waals surface area contributed by atoms with Gasteiger partial charge in [0.25, 0.3) is 5.91 Å². The van der Waals surface area contributed by atoms with Crippen LogP contribution in [0.2, 0.25) is 5.02 Å². The van der Waals surface area contributed by atoms with E-state index in [1.165, 1.54) is 12.6 Å². The number of nitrogens with zero attached hydrogens (tertiary/aromatic N) is 1. The van der Waals surface area contributed by atoms with E-state index in [0.717, 1.165) is 19.5 Å². The molecule has 1 aliphatic rings. The minimum absolute atomic E-state index is 0.125. The maximum atomic E-state index is 12.1. The number of pyridine rings is 1. The monoisotopic (exact) mass is 267 g/mol. The lowest BCUT2D eigenvalue weighted by Gasteiger charge is -2.29. The number of carbonyl (C=O) groups excluding carboxylic acids is 1. The first kappa shape index (κ1) is 13.3. The van der Waals surface area contributed by atoms with Gasteiger partial charge in [-0.2, -0.15) is 0 Å². The van der Waals surface area contributed by atoms with Gasteiger partial charge >= 0.3 is 0 Å². The Morgan fingerprint density at radius 3 is 3.17 bits per heavy atom. The Balaban J connectivity index is 1.96. The molecule has 1 saturated heterocycles. The van der Waals surface area contributed by atoms with Crippen LogP contribution in [-0.4, -0.2) is 30.0 Å². The summed E-state index contributed by atoms with van der Waals surface area (Å²) in [6.07, 6.45) is 5.39. The molecule has 1 fully saturated rings. The molecule has 0 radical (unpaired) electrons. The molecule has 0 bridgehead atoms. The van der Waals surface area contributed by atoms with E-state index in [1.807, 2.05) is 6.92 Å². The number of aromatic nitrogens is 1. The molecule has 0 saturated carbocycles. The van der Waals surface area contributed by atoms with Gasteiger partial charge in [-0.05, 0) is 44.8 Å². The van der Waals surface area contributed by atoms with Gasteiger partial charge in [-0.1, -0.05) is 11.6 Å². The summed E-state index contributed by atoms with van der Waals surface area (Å²) >= 11 is 5.95. The molecule has 2 atom stereocenters. The number of carbonyl (C=O) groups is 1. The van der Waals surface area contributed by atoms with Gasteiger partial charge < -0.3 is 10.6 Å². The summed E-state index contributed by atoms with van der Waals surface area (Å²) in [7, 11) is 0. The number of nitrogens with one attached hydrogen (secondary N) is 2. The Kier molecular flexibility index (Phi) is 4.55. The SMILES string of the molecule is CC(NC(=O)c1ccncc1Cl)C1CCCNC1. The number of hydrogen-bond acceptors (Lipinski definition) is 3. The first-order chi connectivity index (χ1) is 8.68. The summed E-state index contributed by atoms with van der Waals surface area (Å²) in [5.41, 5.74) is 0.488. The third-order valence-electron chi connectivity index (χ3n) is 3.42. The van der Waals surface area contributed by atoms with Gasteiger partial charge in [0.05, 0.1) is 10.6 Å². The van der Waals surface area contributed by atoms with E-state index in [0.29, 0.717) is 16.5 Å². The van der Waals surface area contributed by atoms with Crippen LogP contribution in [0.15, 0.2) is 18.5 Å². The van der Waals surface area contributed by atoms with Crippen molar-refractivity contribution in [2.75, 3.05) is 13.1 Å². The Hall–Kier alpha value is -1.13. The number of rotatable bonds is 3. The van der Waals surface area contributed by atoms with E-state index >= 15 is 0 Å². The van der Waals surface area contributed by atoms with E-state index in [2.05, 4.69) is 15.6 Å². The molecule has 98 valence electrons. The number of hydrogen-bond donors (Lipinski definition) is 2. The number of amides is 1. The highest BCUT2D eigenvalue weighted by Crippen LogP contribution is 2.17. The second kappa shape index (κ2) is 6.16. The van der Waals surface area contributed by atoms with Gasteiger partial charge in [-0.3, -0.25) is 9.78 Å². The normalized spacial score (nSPS) is 21.3. The van der Waals surface area contributed by atoms with Crippen LogP contribution < -0.4 is 10.6 Å². The third kappa shape index (κ3) is 3.21. The van der Waals surface area contributed by atoms with E-state index in [4.69, 9.17) is 11.6 Å². The summed E-state index contributed by atoms with van der Waals surface area (Å²) in [5.74, 6) is 0.365. The largest absolute Gasteiger partial charge is 0.349 e. The van der Waals surface area contributed by atoms with Gasteiger partial charge in [-0.25, -0.2) is 0 Å². The second-order valence-corrected chi connectivity index (χ2v) is 5.13. The molecule has 1 aromatic heterocycles. The first-order valence-electron chi connectivity index (χ1n) is 6.29. The van der Waals surface area contributed by atoms with Crippen LogP contribution in [0.1, 0.15) is 30.1 Å². The molecule has 4 nitrogen and oxygen atoms in total. The van der Waals surface area contributed by atoms with Crippen molar-refractivity contribution in [1.29, 1.82) is 0 Å². The highest BCUT2D eigenvalue weighted by Gasteiger charge is 2.22. The zero-order valence-corrected chi connectivity index (χ0v) is 11.2. The molecular formula is C13H18ClN3O. The molecule has 2 rings (SSSR count). The molecule has 1 aromatic rings. The zero-order valence-electron chi connectivity index (χ0n) is 10.4. The van der Waals surface area contributed by atoms with Gasteiger partial charge in [0, 0.05) is 18.4 Å². The lowest BCUT2D eigenvalue weighted by molar-refractivity contribution is 0.0922. The average Bonchev–Trinajstić information content (AvgIpc) is 2.40. The summed E-state index contributed by atoms with van der Waals surface area (Å²) < 4.78 is 0. The molecule has 0 spiro atoms. The fourth-order valence-corrected chi connectivity index (χ4v) is 2.47. The molecule has 1 aliphatic heterocycles. The average molecular weight is 268 g/mol. The smallest absolute Gasteiger partial charge is 0.253 e. The predicted octanol–water partition coefficient (Wildman–Crippen LogP) is 1.85. The molecule has 0 aliphatic carbocycles. The molecule has 0 aromatic carbocycles. The van der Waals surface area contributed by atoms with Crippen molar-refractivity contribution < 1.29 is 4.79 Å². The predicted molar refractivity (Wildman–Crippen MR) is 71.8 cm³/mol. The fourth-order valence-electron chi connectivity index (χ4n) is 2.27.